The zero-order valence-corrected chi connectivity index (χ0v) is 19.1. The predicted octanol–water partition coefficient (Wildman–Crippen LogP) is 4.96. The molecule has 0 saturated heterocycles. The second kappa shape index (κ2) is 9.07. The van der Waals surface area contributed by atoms with E-state index in [4.69, 9.17) is 10.3 Å². The van der Waals surface area contributed by atoms with Crippen LogP contribution in [0.2, 0.25) is 0 Å². The molecule has 0 radical (unpaired) electrons. The normalized spacial score (nSPS) is 18.6. The van der Waals surface area contributed by atoms with Crippen molar-refractivity contribution in [2.45, 2.75) is 39.0 Å². The standard InChI is InChI=1S/C28H28N4O/c1-2-13-32-26(12-11-20-7-9-21(19-29)10-8-20)30-25(28(32)33)18-22-16-23-5-3-14-31-15-4-6-24(17-22)27(23)31/h7-12,16-18H,2-6,13-15H2,1H3/b12-11+,25-18-. The van der Waals surface area contributed by atoms with Crippen LogP contribution in [0.1, 0.15) is 54.0 Å². The van der Waals surface area contributed by atoms with E-state index in [-0.39, 0.29) is 5.91 Å². The van der Waals surface area contributed by atoms with E-state index in [1.807, 2.05) is 30.4 Å². The van der Waals surface area contributed by atoms with Crippen LogP contribution in [-0.2, 0) is 17.6 Å². The third-order valence-electron chi connectivity index (χ3n) is 6.55. The van der Waals surface area contributed by atoms with Gasteiger partial charge in [0, 0.05) is 25.3 Å². The van der Waals surface area contributed by atoms with E-state index in [2.05, 4.69) is 30.0 Å². The highest BCUT2D eigenvalue weighted by Gasteiger charge is 2.29. The zero-order chi connectivity index (χ0) is 22.8. The van der Waals surface area contributed by atoms with Gasteiger partial charge in [0.2, 0.25) is 0 Å². The van der Waals surface area contributed by atoms with E-state index in [0.29, 0.717) is 23.6 Å². The van der Waals surface area contributed by atoms with Crippen molar-refractivity contribution in [3.63, 3.8) is 0 Å². The van der Waals surface area contributed by atoms with Crippen molar-refractivity contribution in [3.05, 3.63) is 76.0 Å². The van der Waals surface area contributed by atoms with Gasteiger partial charge in [-0.1, -0.05) is 25.1 Å². The number of hydrogen-bond acceptors (Lipinski definition) is 4. The van der Waals surface area contributed by atoms with Crippen molar-refractivity contribution in [2.75, 3.05) is 24.5 Å². The number of hydrogen-bond donors (Lipinski definition) is 0. The molecule has 0 fully saturated rings. The fourth-order valence-electron chi connectivity index (χ4n) is 5.05. The number of rotatable bonds is 5. The van der Waals surface area contributed by atoms with Crippen molar-refractivity contribution in [2.24, 2.45) is 4.99 Å². The van der Waals surface area contributed by atoms with E-state index >= 15 is 0 Å². The highest BCUT2D eigenvalue weighted by Crippen LogP contribution is 2.36. The molecule has 166 valence electrons. The summed E-state index contributed by atoms with van der Waals surface area (Å²) in [7, 11) is 0. The second-order valence-electron chi connectivity index (χ2n) is 8.91. The molecule has 0 bridgehead atoms. The van der Waals surface area contributed by atoms with Crippen LogP contribution in [0.3, 0.4) is 0 Å². The molecule has 3 aliphatic rings. The minimum Gasteiger partial charge on any atom is -0.371 e. The van der Waals surface area contributed by atoms with E-state index in [0.717, 1.165) is 43.5 Å². The Hall–Kier alpha value is -3.65. The quantitative estimate of drug-likeness (QED) is 0.622. The number of amidine groups is 1. The lowest BCUT2D eigenvalue weighted by Gasteiger charge is -2.37. The third-order valence-corrected chi connectivity index (χ3v) is 6.55. The van der Waals surface area contributed by atoms with Crippen LogP contribution < -0.4 is 4.90 Å². The summed E-state index contributed by atoms with van der Waals surface area (Å²) in [4.78, 5) is 22.2. The second-order valence-corrected chi connectivity index (χ2v) is 8.91. The number of aliphatic imine (C=N–C) groups is 1. The number of amides is 1. The van der Waals surface area contributed by atoms with Crippen molar-refractivity contribution >= 4 is 29.6 Å². The van der Waals surface area contributed by atoms with Gasteiger partial charge < -0.3 is 4.90 Å². The molecule has 0 N–H and O–H groups in total. The molecule has 5 heteroatoms. The minimum atomic E-state index is -0.0377. The summed E-state index contributed by atoms with van der Waals surface area (Å²) in [6.07, 6.45) is 11.2. The molecule has 1 amide bonds. The zero-order valence-electron chi connectivity index (χ0n) is 19.1. The summed E-state index contributed by atoms with van der Waals surface area (Å²) in [5.74, 6) is 0.632. The van der Waals surface area contributed by atoms with E-state index in [1.165, 1.54) is 29.7 Å². The highest BCUT2D eigenvalue weighted by molar-refractivity contribution is 6.18. The van der Waals surface area contributed by atoms with Gasteiger partial charge in [-0.05, 0) is 90.8 Å². The Kier molecular flexibility index (Phi) is 5.83. The summed E-state index contributed by atoms with van der Waals surface area (Å²) in [6.45, 7) is 5.02. The summed E-state index contributed by atoms with van der Waals surface area (Å²) < 4.78 is 0. The average molecular weight is 437 g/mol. The number of nitriles is 1. The lowest BCUT2D eigenvalue weighted by molar-refractivity contribution is -0.122. The maximum Gasteiger partial charge on any atom is 0.278 e. The molecular weight excluding hydrogens is 408 g/mol. The fourth-order valence-corrected chi connectivity index (χ4v) is 5.05. The van der Waals surface area contributed by atoms with Gasteiger partial charge in [-0.3, -0.25) is 9.69 Å². The van der Waals surface area contributed by atoms with Crippen LogP contribution in [0.25, 0.3) is 12.2 Å². The monoisotopic (exact) mass is 436 g/mol. The molecule has 0 aromatic heterocycles. The first-order valence-corrected chi connectivity index (χ1v) is 11.9. The molecule has 0 unspecified atom stereocenters. The molecule has 5 nitrogen and oxygen atoms in total. The van der Waals surface area contributed by atoms with Crippen LogP contribution >= 0.6 is 0 Å². The smallest absolute Gasteiger partial charge is 0.278 e. The van der Waals surface area contributed by atoms with Crippen LogP contribution in [-0.4, -0.2) is 36.3 Å². The lowest BCUT2D eigenvalue weighted by Crippen LogP contribution is -2.34. The van der Waals surface area contributed by atoms with Gasteiger partial charge in [-0.15, -0.1) is 0 Å². The Bertz CT molecular complexity index is 1180. The number of nitrogens with zero attached hydrogens (tertiary/aromatic N) is 4. The molecule has 5 rings (SSSR count). The first-order chi connectivity index (χ1) is 16.2. The number of anilines is 1. The van der Waals surface area contributed by atoms with Gasteiger partial charge in [0.1, 0.15) is 11.5 Å². The first kappa shape index (κ1) is 21.2. The third kappa shape index (κ3) is 4.21. The molecule has 3 heterocycles. The molecule has 0 atom stereocenters. The summed E-state index contributed by atoms with van der Waals surface area (Å²) in [6, 6.07) is 14.0. The Morgan fingerprint density at radius 2 is 1.73 bits per heavy atom. The highest BCUT2D eigenvalue weighted by atomic mass is 16.2. The van der Waals surface area contributed by atoms with Crippen LogP contribution in [0.4, 0.5) is 5.69 Å². The Morgan fingerprint density at radius 3 is 2.36 bits per heavy atom. The first-order valence-electron chi connectivity index (χ1n) is 11.9. The number of carbonyl (C=O) groups is 1. The number of benzene rings is 2. The molecule has 3 aliphatic heterocycles. The van der Waals surface area contributed by atoms with Crippen molar-refractivity contribution in [1.82, 2.24) is 4.90 Å². The van der Waals surface area contributed by atoms with Crippen LogP contribution in [0, 0.1) is 11.3 Å². The fraction of sp³-hybridized carbons (Fsp3) is 0.321. The largest absolute Gasteiger partial charge is 0.371 e. The topological polar surface area (TPSA) is 59.7 Å². The number of aryl methyl sites for hydroxylation is 2. The predicted molar refractivity (Wildman–Crippen MR) is 133 cm³/mol. The lowest BCUT2D eigenvalue weighted by atomic mass is 9.90. The molecule has 0 saturated carbocycles. The molecule has 2 aromatic rings. The average Bonchev–Trinajstić information content (AvgIpc) is 3.13. The maximum absolute atomic E-state index is 13.2. The van der Waals surface area contributed by atoms with E-state index in [9.17, 15) is 4.79 Å². The summed E-state index contributed by atoms with van der Waals surface area (Å²) in [5.41, 5.74) is 7.43. The van der Waals surface area contributed by atoms with Gasteiger partial charge in [0.15, 0.2) is 0 Å². The van der Waals surface area contributed by atoms with Crippen molar-refractivity contribution in [3.8, 4) is 6.07 Å². The van der Waals surface area contributed by atoms with E-state index in [1.54, 1.807) is 17.0 Å². The van der Waals surface area contributed by atoms with Crippen molar-refractivity contribution in [1.29, 1.82) is 5.26 Å². The Morgan fingerprint density at radius 1 is 1.03 bits per heavy atom. The summed E-state index contributed by atoms with van der Waals surface area (Å²) >= 11 is 0. The van der Waals surface area contributed by atoms with Crippen molar-refractivity contribution < 1.29 is 4.79 Å². The van der Waals surface area contributed by atoms with Crippen LogP contribution in [0.15, 0.2) is 53.2 Å². The van der Waals surface area contributed by atoms with Gasteiger partial charge >= 0.3 is 0 Å². The molecular formula is C28H28N4O. The van der Waals surface area contributed by atoms with Gasteiger partial charge in [-0.2, -0.15) is 5.26 Å². The summed E-state index contributed by atoms with van der Waals surface area (Å²) in [5, 5.41) is 8.98. The molecule has 0 spiro atoms. The number of carbonyl (C=O) groups excluding carboxylic acids is 1. The van der Waals surface area contributed by atoms with E-state index < -0.39 is 0 Å². The Balaban J connectivity index is 1.46. The Labute approximate surface area is 195 Å². The SMILES string of the molecule is CCCN1C(=O)/C(=C/c2cc3c4c(c2)CCCN4CCC3)N=C1/C=C/c1ccc(C#N)cc1. The van der Waals surface area contributed by atoms with Gasteiger partial charge in [0.25, 0.3) is 5.91 Å². The van der Waals surface area contributed by atoms with Crippen LogP contribution in [0.5, 0.6) is 0 Å². The molecule has 0 aliphatic carbocycles. The maximum atomic E-state index is 13.2. The molecule has 2 aromatic carbocycles. The van der Waals surface area contributed by atoms with Gasteiger partial charge in [0.05, 0.1) is 11.6 Å². The van der Waals surface area contributed by atoms with Gasteiger partial charge in [-0.25, -0.2) is 4.99 Å². The molecule has 33 heavy (non-hydrogen) atoms. The minimum absolute atomic E-state index is 0.0377.